The van der Waals surface area contributed by atoms with E-state index in [9.17, 15) is 0 Å². The van der Waals surface area contributed by atoms with Crippen molar-refractivity contribution in [1.29, 1.82) is 0 Å². The molecule has 0 spiro atoms. The molecule has 2 heterocycles. The van der Waals surface area contributed by atoms with Gasteiger partial charge in [-0.25, -0.2) is 5.10 Å². The third kappa shape index (κ3) is 3.08. The molecular weight excluding hydrogens is 310 g/mol. The third-order valence-electron chi connectivity index (χ3n) is 4.06. The summed E-state index contributed by atoms with van der Waals surface area (Å²) >= 11 is 0. The van der Waals surface area contributed by atoms with Gasteiger partial charge in [0.1, 0.15) is 5.69 Å². The van der Waals surface area contributed by atoms with Crippen LogP contribution in [0.4, 0.5) is 5.69 Å². The molecule has 0 saturated heterocycles. The summed E-state index contributed by atoms with van der Waals surface area (Å²) in [4.78, 5) is 9.43. The fourth-order valence-electron chi connectivity index (χ4n) is 2.90. The van der Waals surface area contributed by atoms with Crippen LogP contribution in [-0.2, 0) is 6.54 Å². The second-order valence-electron chi connectivity index (χ2n) is 6.07. The highest BCUT2D eigenvalue weighted by Crippen LogP contribution is 2.09. The molecule has 0 aliphatic heterocycles. The van der Waals surface area contributed by atoms with Crippen LogP contribution >= 0.6 is 0 Å². The summed E-state index contributed by atoms with van der Waals surface area (Å²) in [5, 5.41) is 4.70. The smallest absolute Gasteiger partial charge is 0.297 e. The molecule has 0 aliphatic carbocycles. The SMILES string of the molecule is Cc1cc(C)[n+]2[n-]c(=Nc3ccccc3)n(Cc3ccccc3)c2n1. The van der Waals surface area contributed by atoms with E-state index in [2.05, 4.69) is 16.7 Å². The highest BCUT2D eigenvalue weighted by Gasteiger charge is 2.09. The van der Waals surface area contributed by atoms with Crippen LogP contribution in [-0.4, -0.2) is 9.55 Å². The average molecular weight is 329 g/mol. The molecule has 5 nitrogen and oxygen atoms in total. The number of nitrogens with zero attached hydrogens (tertiary/aromatic N) is 5. The molecule has 4 aromatic rings. The van der Waals surface area contributed by atoms with Crippen molar-refractivity contribution in [3.63, 3.8) is 0 Å². The fourth-order valence-corrected chi connectivity index (χ4v) is 2.90. The number of rotatable bonds is 3. The summed E-state index contributed by atoms with van der Waals surface area (Å²) < 4.78 is 3.92. The number of para-hydroxylation sites is 1. The van der Waals surface area contributed by atoms with E-state index < -0.39 is 0 Å². The van der Waals surface area contributed by atoms with Crippen LogP contribution in [0.15, 0.2) is 71.7 Å². The lowest BCUT2D eigenvalue weighted by Gasteiger charge is -2.08. The predicted octanol–water partition coefficient (Wildman–Crippen LogP) is 2.48. The Kier molecular flexibility index (Phi) is 3.90. The first-order chi connectivity index (χ1) is 12.2. The Labute approximate surface area is 145 Å². The lowest BCUT2D eigenvalue weighted by molar-refractivity contribution is -0.594. The molecule has 124 valence electrons. The van der Waals surface area contributed by atoms with Crippen LogP contribution in [0.3, 0.4) is 0 Å². The maximum absolute atomic E-state index is 4.74. The minimum atomic E-state index is 0.649. The minimum Gasteiger partial charge on any atom is -0.357 e. The summed E-state index contributed by atoms with van der Waals surface area (Å²) in [7, 11) is 0. The number of aromatic nitrogens is 4. The summed E-state index contributed by atoms with van der Waals surface area (Å²) in [6.07, 6.45) is 0. The van der Waals surface area contributed by atoms with Gasteiger partial charge in [0.2, 0.25) is 0 Å². The van der Waals surface area contributed by atoms with Crippen molar-refractivity contribution >= 4 is 11.5 Å². The first kappa shape index (κ1) is 15.3. The summed E-state index contributed by atoms with van der Waals surface area (Å²) in [5.74, 6) is 0.802. The van der Waals surface area contributed by atoms with Crippen LogP contribution in [0.5, 0.6) is 0 Å². The van der Waals surface area contributed by atoms with Gasteiger partial charge in [-0.15, -0.1) is 4.98 Å². The van der Waals surface area contributed by atoms with Crippen molar-refractivity contribution in [1.82, 2.24) is 14.6 Å². The second kappa shape index (κ2) is 6.36. The van der Waals surface area contributed by atoms with E-state index >= 15 is 0 Å². The van der Waals surface area contributed by atoms with Gasteiger partial charge in [-0.05, 0) is 25.1 Å². The van der Waals surface area contributed by atoms with Crippen LogP contribution in [0.2, 0.25) is 0 Å². The van der Waals surface area contributed by atoms with Gasteiger partial charge in [0.15, 0.2) is 0 Å². The fraction of sp³-hybridized carbons (Fsp3) is 0.150. The third-order valence-corrected chi connectivity index (χ3v) is 4.06. The van der Waals surface area contributed by atoms with Gasteiger partial charge >= 0.3 is 0 Å². The Bertz CT molecular complexity index is 1080. The number of hydrogen-bond acceptors (Lipinski definition) is 2. The van der Waals surface area contributed by atoms with Gasteiger partial charge in [-0.2, -0.15) is 4.52 Å². The quantitative estimate of drug-likeness (QED) is 0.542. The molecule has 0 atom stereocenters. The van der Waals surface area contributed by atoms with E-state index in [1.807, 2.05) is 73.0 Å². The number of benzene rings is 2. The molecule has 25 heavy (non-hydrogen) atoms. The van der Waals surface area contributed by atoms with Crippen LogP contribution < -0.4 is 15.2 Å². The Morgan fingerprint density at radius 2 is 1.68 bits per heavy atom. The van der Waals surface area contributed by atoms with Crippen LogP contribution in [0, 0.1) is 13.8 Å². The molecule has 2 aromatic carbocycles. The molecule has 0 unspecified atom stereocenters. The zero-order valence-electron chi connectivity index (χ0n) is 14.3. The Hall–Kier alpha value is -3.21. The Morgan fingerprint density at radius 1 is 1.00 bits per heavy atom. The summed E-state index contributed by atoms with van der Waals surface area (Å²) in [6.45, 7) is 4.71. The molecule has 4 rings (SSSR count). The molecule has 0 N–H and O–H groups in total. The molecular formula is C20H19N5. The van der Waals surface area contributed by atoms with Gasteiger partial charge in [-0.3, -0.25) is 0 Å². The van der Waals surface area contributed by atoms with E-state index in [-0.39, 0.29) is 0 Å². The van der Waals surface area contributed by atoms with Crippen molar-refractivity contribution in [3.8, 4) is 0 Å². The molecule has 0 fully saturated rings. The van der Waals surface area contributed by atoms with E-state index in [0.717, 1.165) is 22.9 Å². The van der Waals surface area contributed by atoms with E-state index in [1.165, 1.54) is 5.56 Å². The van der Waals surface area contributed by atoms with E-state index in [0.29, 0.717) is 12.2 Å². The molecule has 0 radical (unpaired) electrons. The van der Waals surface area contributed by atoms with Crippen molar-refractivity contribution in [2.75, 3.05) is 0 Å². The Balaban J connectivity index is 1.96. The standard InChI is InChI=1S/C20H19N5/c1-15-13-16(2)25-20(21-15)24(14-17-9-5-3-6-10-17)19(23-25)22-18-11-7-4-8-12-18/h3-13H,14H2,1-2H3. The normalized spacial score (nSPS) is 12.0. The summed E-state index contributed by atoms with van der Waals surface area (Å²) in [6, 6.07) is 22.2. The number of hydrogen-bond donors (Lipinski definition) is 0. The van der Waals surface area contributed by atoms with Crippen molar-refractivity contribution in [3.05, 3.63) is 89.3 Å². The van der Waals surface area contributed by atoms with Crippen molar-refractivity contribution in [2.24, 2.45) is 4.99 Å². The van der Waals surface area contributed by atoms with Crippen molar-refractivity contribution in [2.45, 2.75) is 20.4 Å². The maximum Gasteiger partial charge on any atom is 0.297 e. The second-order valence-corrected chi connectivity index (χ2v) is 6.07. The van der Waals surface area contributed by atoms with Crippen molar-refractivity contribution < 1.29 is 4.52 Å². The predicted molar refractivity (Wildman–Crippen MR) is 95.4 cm³/mol. The van der Waals surface area contributed by atoms with E-state index in [1.54, 1.807) is 0 Å². The van der Waals surface area contributed by atoms with Gasteiger partial charge in [0.25, 0.3) is 5.78 Å². The minimum absolute atomic E-state index is 0.649. The molecule has 2 aromatic heterocycles. The maximum atomic E-state index is 4.74. The number of aryl methyl sites for hydroxylation is 2. The van der Waals surface area contributed by atoms with Gasteiger partial charge in [0.05, 0.1) is 11.3 Å². The zero-order chi connectivity index (χ0) is 17.2. The highest BCUT2D eigenvalue weighted by molar-refractivity contribution is 5.35. The van der Waals surface area contributed by atoms with Gasteiger partial charge in [-0.1, -0.05) is 60.7 Å². The molecule has 5 heteroatoms. The molecule has 0 saturated carbocycles. The highest BCUT2D eigenvalue weighted by atomic mass is 15.4. The molecule has 0 aliphatic rings. The monoisotopic (exact) mass is 329 g/mol. The Morgan fingerprint density at radius 3 is 2.40 bits per heavy atom. The van der Waals surface area contributed by atoms with Gasteiger partial charge in [0, 0.05) is 12.6 Å². The number of fused-ring (bicyclic) bond motifs is 1. The average Bonchev–Trinajstić information content (AvgIpc) is 2.95. The lowest BCUT2D eigenvalue weighted by Crippen LogP contribution is -2.33. The van der Waals surface area contributed by atoms with Gasteiger partial charge < -0.3 is 9.56 Å². The van der Waals surface area contributed by atoms with E-state index in [4.69, 9.17) is 15.1 Å². The van der Waals surface area contributed by atoms with Crippen LogP contribution in [0.1, 0.15) is 17.0 Å². The first-order valence-electron chi connectivity index (χ1n) is 8.28. The molecule has 0 bridgehead atoms. The zero-order valence-corrected chi connectivity index (χ0v) is 14.3. The molecule has 0 amide bonds. The summed E-state index contributed by atoms with van der Waals surface area (Å²) in [5.41, 5.74) is 4.73. The lowest BCUT2D eigenvalue weighted by atomic mass is 10.2. The van der Waals surface area contributed by atoms with Crippen LogP contribution in [0.25, 0.3) is 5.78 Å². The first-order valence-corrected chi connectivity index (χ1v) is 8.28. The topological polar surface area (TPSA) is 48.4 Å². The largest absolute Gasteiger partial charge is 0.357 e.